The molecule has 0 radical (unpaired) electrons. The third-order valence-corrected chi connectivity index (χ3v) is 8.87. The lowest BCUT2D eigenvalue weighted by Gasteiger charge is -2.33. The summed E-state index contributed by atoms with van der Waals surface area (Å²) >= 11 is 0. The number of unbranched alkanes of at least 4 members (excludes halogenated alkanes) is 2. The van der Waals surface area contributed by atoms with Gasteiger partial charge in [0.05, 0.1) is 6.61 Å². The first kappa shape index (κ1) is 35.8. The lowest BCUT2D eigenvalue weighted by Crippen LogP contribution is -2.53. The molecule has 2 N–H and O–H groups in total. The van der Waals surface area contributed by atoms with Crippen molar-refractivity contribution < 1.29 is 55.2 Å². The number of alkyl halides is 6. The van der Waals surface area contributed by atoms with Gasteiger partial charge < -0.3 is 24.6 Å². The predicted octanol–water partition coefficient (Wildman–Crippen LogP) is 7.75. The van der Waals surface area contributed by atoms with Gasteiger partial charge in [0.2, 0.25) is 6.79 Å². The molecule has 0 aliphatic carbocycles. The number of rotatable bonds is 13. The Morgan fingerprint density at radius 3 is 2.33 bits per heavy atom. The van der Waals surface area contributed by atoms with Crippen molar-refractivity contribution in [3.63, 3.8) is 0 Å². The van der Waals surface area contributed by atoms with E-state index in [4.69, 9.17) is 14.2 Å². The molecule has 1 fully saturated rings. The molecule has 0 bridgehead atoms. The van der Waals surface area contributed by atoms with E-state index in [1.54, 1.807) is 49.4 Å². The van der Waals surface area contributed by atoms with Gasteiger partial charge in [-0.15, -0.1) is 0 Å². The maximum absolute atomic E-state index is 13.5. The standard InChI is InChI=1S/C35H36F6N2O6/c1-3-9-22-18-25(33(46,34(36,37)38)35(39,40)41)12-14-27(22)23-10-8-11-26(19-23)47-17-7-5-6-16-43-30(44)32(4-2,42-31(43)45)24-13-15-28-29(20-24)49-21-48-28/h8,10-15,18-20,46H,3-7,9,16-17,21H2,1-2H3,(H,42,45). The van der Waals surface area contributed by atoms with Crippen molar-refractivity contribution in [2.45, 2.75) is 75.9 Å². The summed E-state index contributed by atoms with van der Waals surface area (Å²) in [6.07, 6.45) is -9.27. The Hall–Kier alpha value is -4.46. The average Bonchev–Trinajstić information content (AvgIpc) is 3.63. The molecule has 3 amide bonds. The second-order valence-corrected chi connectivity index (χ2v) is 12.0. The smallest absolute Gasteiger partial charge is 0.430 e. The van der Waals surface area contributed by atoms with E-state index in [9.17, 15) is 41.0 Å². The third-order valence-electron chi connectivity index (χ3n) is 8.87. The molecule has 0 saturated carbocycles. The Morgan fingerprint density at radius 1 is 0.898 bits per heavy atom. The summed E-state index contributed by atoms with van der Waals surface area (Å²) in [4.78, 5) is 27.5. The van der Waals surface area contributed by atoms with Gasteiger partial charge in [-0.05, 0) is 78.6 Å². The summed E-state index contributed by atoms with van der Waals surface area (Å²) < 4.78 is 97.7. The van der Waals surface area contributed by atoms with Gasteiger partial charge in [-0.3, -0.25) is 9.69 Å². The number of imide groups is 1. The minimum absolute atomic E-state index is 0.0851. The van der Waals surface area contributed by atoms with Crippen LogP contribution in [-0.2, 0) is 22.4 Å². The van der Waals surface area contributed by atoms with Crippen LogP contribution in [0, 0.1) is 0 Å². The highest BCUT2D eigenvalue weighted by Crippen LogP contribution is 2.50. The monoisotopic (exact) mass is 694 g/mol. The van der Waals surface area contributed by atoms with Gasteiger partial charge in [0.25, 0.3) is 11.5 Å². The number of amides is 3. The fraction of sp³-hybridized carbons (Fsp3) is 0.429. The first-order valence-corrected chi connectivity index (χ1v) is 15.9. The first-order chi connectivity index (χ1) is 23.2. The second kappa shape index (κ2) is 13.8. The molecule has 1 saturated heterocycles. The fourth-order valence-corrected chi connectivity index (χ4v) is 6.19. The van der Waals surface area contributed by atoms with Crippen LogP contribution in [0.5, 0.6) is 17.2 Å². The number of urea groups is 1. The van der Waals surface area contributed by atoms with Crippen molar-refractivity contribution in [1.29, 1.82) is 0 Å². The Morgan fingerprint density at radius 2 is 1.63 bits per heavy atom. The number of halogens is 6. The Labute approximate surface area is 278 Å². The van der Waals surface area contributed by atoms with Crippen molar-refractivity contribution >= 4 is 11.9 Å². The van der Waals surface area contributed by atoms with Gasteiger partial charge in [0.15, 0.2) is 11.5 Å². The lowest BCUT2D eigenvalue weighted by molar-refractivity contribution is -0.376. The zero-order chi connectivity index (χ0) is 35.6. The maximum atomic E-state index is 13.5. The van der Waals surface area contributed by atoms with Crippen LogP contribution in [0.4, 0.5) is 31.1 Å². The maximum Gasteiger partial charge on any atom is 0.430 e. The van der Waals surface area contributed by atoms with Crippen molar-refractivity contribution in [2.24, 2.45) is 0 Å². The minimum atomic E-state index is -5.98. The van der Waals surface area contributed by atoms with Gasteiger partial charge in [0, 0.05) is 12.1 Å². The molecular formula is C35H36F6N2O6. The van der Waals surface area contributed by atoms with E-state index in [-0.39, 0.29) is 37.8 Å². The quantitative estimate of drug-likeness (QED) is 0.108. The summed E-state index contributed by atoms with van der Waals surface area (Å²) in [5.74, 6) is 1.18. The van der Waals surface area contributed by atoms with Gasteiger partial charge in [-0.1, -0.05) is 56.7 Å². The number of aryl methyl sites for hydroxylation is 1. The van der Waals surface area contributed by atoms with Crippen LogP contribution in [0.15, 0.2) is 60.7 Å². The zero-order valence-corrected chi connectivity index (χ0v) is 26.8. The number of fused-ring (bicyclic) bond motifs is 1. The van der Waals surface area contributed by atoms with Crippen molar-refractivity contribution in [3.8, 4) is 28.4 Å². The molecular weight excluding hydrogens is 658 g/mol. The van der Waals surface area contributed by atoms with Crippen LogP contribution in [0.2, 0.25) is 0 Å². The summed E-state index contributed by atoms with van der Waals surface area (Å²) in [5, 5.41) is 12.7. The summed E-state index contributed by atoms with van der Waals surface area (Å²) in [7, 11) is 0. The van der Waals surface area contributed by atoms with Crippen LogP contribution >= 0.6 is 0 Å². The van der Waals surface area contributed by atoms with Crippen LogP contribution in [0.1, 0.15) is 62.6 Å². The second-order valence-electron chi connectivity index (χ2n) is 12.0. The molecule has 1 atom stereocenters. The number of carbonyl (C=O) groups excluding carboxylic acids is 2. The van der Waals surface area contributed by atoms with Crippen LogP contribution in [0.25, 0.3) is 11.1 Å². The molecule has 2 aliphatic rings. The Kier molecular flexibility index (Phi) is 10.1. The molecule has 3 aromatic carbocycles. The van der Waals surface area contributed by atoms with E-state index >= 15 is 0 Å². The van der Waals surface area contributed by atoms with E-state index in [2.05, 4.69) is 5.32 Å². The molecule has 2 aliphatic heterocycles. The molecule has 49 heavy (non-hydrogen) atoms. The van der Waals surface area contributed by atoms with Gasteiger partial charge in [0.1, 0.15) is 11.3 Å². The van der Waals surface area contributed by atoms with E-state index < -0.39 is 35.1 Å². The van der Waals surface area contributed by atoms with E-state index in [1.165, 1.54) is 4.90 Å². The number of carbonyl (C=O) groups is 2. The molecule has 14 heteroatoms. The van der Waals surface area contributed by atoms with Gasteiger partial charge in [-0.2, -0.15) is 26.3 Å². The molecule has 1 unspecified atom stereocenters. The molecule has 2 heterocycles. The number of benzene rings is 3. The number of aliphatic hydroxyl groups is 1. The summed E-state index contributed by atoms with van der Waals surface area (Å²) in [6, 6.07) is 13.9. The Balaban J connectivity index is 1.19. The SMILES string of the molecule is CCCc1cc(C(O)(C(F)(F)F)C(F)(F)F)ccc1-c1cccc(OCCCCCN2C(=O)NC(CC)(c3ccc4c(c3)OCO4)C2=O)c1. The molecule has 5 rings (SSSR count). The molecule has 0 spiro atoms. The fourth-order valence-electron chi connectivity index (χ4n) is 6.19. The van der Waals surface area contributed by atoms with Crippen molar-refractivity contribution in [3.05, 3.63) is 77.4 Å². The van der Waals surface area contributed by atoms with Crippen molar-refractivity contribution in [2.75, 3.05) is 19.9 Å². The highest BCUT2D eigenvalue weighted by atomic mass is 19.4. The summed E-state index contributed by atoms with van der Waals surface area (Å²) in [6.45, 7) is 4.13. The number of nitrogens with zero attached hydrogens (tertiary/aromatic N) is 1. The van der Waals surface area contributed by atoms with Gasteiger partial charge >= 0.3 is 18.4 Å². The minimum Gasteiger partial charge on any atom is -0.494 e. The highest BCUT2D eigenvalue weighted by molar-refractivity contribution is 6.07. The number of ether oxygens (including phenoxy) is 3. The average molecular weight is 695 g/mol. The predicted molar refractivity (Wildman–Crippen MR) is 166 cm³/mol. The molecule has 8 nitrogen and oxygen atoms in total. The highest BCUT2D eigenvalue weighted by Gasteiger charge is 2.71. The molecule has 3 aromatic rings. The van der Waals surface area contributed by atoms with Crippen molar-refractivity contribution in [1.82, 2.24) is 10.2 Å². The zero-order valence-electron chi connectivity index (χ0n) is 26.8. The van der Waals surface area contributed by atoms with Crippen LogP contribution in [0.3, 0.4) is 0 Å². The van der Waals surface area contributed by atoms with E-state index in [1.807, 2.05) is 6.92 Å². The third kappa shape index (κ3) is 6.75. The first-order valence-electron chi connectivity index (χ1n) is 15.9. The summed E-state index contributed by atoms with van der Waals surface area (Å²) in [5.41, 5.74) is -5.75. The number of nitrogens with one attached hydrogen (secondary N) is 1. The molecule has 0 aromatic heterocycles. The van der Waals surface area contributed by atoms with E-state index in [0.717, 1.165) is 12.1 Å². The van der Waals surface area contributed by atoms with Crippen LogP contribution < -0.4 is 19.5 Å². The normalized spacial score (nSPS) is 17.9. The lowest BCUT2D eigenvalue weighted by atomic mass is 9.87. The Bertz CT molecular complexity index is 1680. The molecule has 264 valence electrons. The number of hydrogen-bond donors (Lipinski definition) is 2. The van der Waals surface area contributed by atoms with E-state index in [0.29, 0.717) is 72.1 Å². The topological polar surface area (TPSA) is 97.3 Å². The van der Waals surface area contributed by atoms with Gasteiger partial charge in [-0.25, -0.2) is 4.79 Å². The van der Waals surface area contributed by atoms with Crippen LogP contribution in [-0.4, -0.2) is 54.2 Å². The largest absolute Gasteiger partial charge is 0.494 e. The number of hydrogen-bond acceptors (Lipinski definition) is 6.